The molecule has 146 valence electrons. The summed E-state index contributed by atoms with van der Waals surface area (Å²) in [5, 5.41) is 12.9. The molecule has 0 bridgehead atoms. The Labute approximate surface area is 165 Å². The van der Waals surface area contributed by atoms with E-state index < -0.39 is 0 Å². The van der Waals surface area contributed by atoms with Gasteiger partial charge in [-0.25, -0.2) is 0 Å². The molecular weight excluding hydrogens is 374 g/mol. The fourth-order valence-electron chi connectivity index (χ4n) is 2.87. The topological polar surface area (TPSA) is 102 Å². The fourth-order valence-corrected chi connectivity index (χ4v) is 2.87. The summed E-state index contributed by atoms with van der Waals surface area (Å²) in [4.78, 5) is 24.4. The lowest BCUT2D eigenvalue weighted by molar-refractivity contribution is -0.123. The third kappa shape index (κ3) is 4.14. The fraction of sp³-hybridized carbons (Fsp3) is 0.0909. The number of carbonyl (C=O) groups is 1. The monoisotopic (exact) mass is 391 g/mol. The number of hydrogen-bond acceptors (Lipinski definition) is 6. The van der Waals surface area contributed by atoms with Crippen molar-refractivity contribution in [3.63, 3.8) is 0 Å². The van der Waals surface area contributed by atoms with Gasteiger partial charge >= 0.3 is 0 Å². The number of hydrogen-bond donors (Lipinski definition) is 2. The van der Waals surface area contributed by atoms with Crippen LogP contribution in [0.2, 0.25) is 0 Å². The molecule has 29 heavy (non-hydrogen) atoms. The Morgan fingerprint density at radius 1 is 1.07 bits per heavy atom. The number of benzene rings is 2. The Kier molecular flexibility index (Phi) is 5.03. The van der Waals surface area contributed by atoms with E-state index in [-0.39, 0.29) is 47.0 Å². The molecule has 1 amide bonds. The van der Waals surface area contributed by atoms with Gasteiger partial charge in [0.25, 0.3) is 5.91 Å². The Hall–Kier alpha value is -4.00. The number of rotatable bonds is 6. The molecule has 2 N–H and O–H groups in total. The molecule has 0 atom stereocenters. The number of amides is 1. The van der Waals surface area contributed by atoms with E-state index in [1.165, 1.54) is 24.5 Å². The minimum Gasteiger partial charge on any atom is -0.507 e. The van der Waals surface area contributed by atoms with Crippen molar-refractivity contribution < 1.29 is 23.5 Å². The first-order chi connectivity index (χ1) is 14.1. The molecule has 2 aromatic carbocycles. The number of fused-ring (bicyclic) bond motifs is 1. The van der Waals surface area contributed by atoms with Crippen LogP contribution in [0, 0.1) is 0 Å². The third-order valence-corrected chi connectivity index (χ3v) is 4.25. The van der Waals surface area contributed by atoms with Crippen molar-refractivity contribution in [2.24, 2.45) is 0 Å². The van der Waals surface area contributed by atoms with Gasteiger partial charge in [-0.05, 0) is 12.1 Å². The number of ether oxygens (including phenoxy) is 1. The van der Waals surface area contributed by atoms with Crippen molar-refractivity contribution >= 4 is 16.9 Å². The van der Waals surface area contributed by atoms with E-state index in [1.807, 2.05) is 30.3 Å². The van der Waals surface area contributed by atoms with Crippen LogP contribution in [0.1, 0.15) is 5.76 Å². The quantitative estimate of drug-likeness (QED) is 0.522. The van der Waals surface area contributed by atoms with E-state index in [2.05, 4.69) is 5.32 Å². The van der Waals surface area contributed by atoms with Crippen LogP contribution in [-0.4, -0.2) is 17.6 Å². The van der Waals surface area contributed by atoms with Crippen molar-refractivity contribution in [1.29, 1.82) is 0 Å². The highest BCUT2D eigenvalue weighted by Crippen LogP contribution is 2.31. The molecule has 4 aromatic rings. The zero-order valence-electron chi connectivity index (χ0n) is 15.3. The second kappa shape index (κ2) is 7.93. The van der Waals surface area contributed by atoms with Crippen molar-refractivity contribution in [2.75, 3.05) is 6.61 Å². The van der Waals surface area contributed by atoms with E-state index in [1.54, 1.807) is 12.1 Å². The van der Waals surface area contributed by atoms with Gasteiger partial charge in [-0.15, -0.1) is 0 Å². The average molecular weight is 391 g/mol. The predicted octanol–water partition coefficient (Wildman–Crippen LogP) is 3.45. The maximum atomic E-state index is 12.4. The van der Waals surface area contributed by atoms with E-state index in [4.69, 9.17) is 13.6 Å². The first-order valence-electron chi connectivity index (χ1n) is 8.88. The standard InChI is InChI=1S/C22H17NO6/c24-17-9-16(28-13-21(26)23-12-15-7-4-8-27-15)10-20-22(17)18(25)11-19(29-20)14-5-2-1-3-6-14/h1-11,24H,12-13H2,(H,23,26). The molecule has 0 aliphatic heterocycles. The number of phenolic OH excluding ortho intramolecular Hbond substituents is 1. The lowest BCUT2D eigenvalue weighted by Gasteiger charge is -2.09. The summed E-state index contributed by atoms with van der Waals surface area (Å²) in [5.74, 6) is 0.562. The molecule has 4 rings (SSSR count). The zero-order valence-corrected chi connectivity index (χ0v) is 15.3. The smallest absolute Gasteiger partial charge is 0.258 e. The second-order valence-corrected chi connectivity index (χ2v) is 6.30. The summed E-state index contributed by atoms with van der Waals surface area (Å²) in [6.45, 7) is -0.0261. The van der Waals surface area contributed by atoms with Crippen LogP contribution in [0.4, 0.5) is 0 Å². The minimum absolute atomic E-state index is 0.0549. The number of phenols is 1. The molecule has 0 spiro atoms. The number of furan rings is 1. The Morgan fingerprint density at radius 3 is 2.66 bits per heavy atom. The van der Waals surface area contributed by atoms with Crippen LogP contribution < -0.4 is 15.5 Å². The maximum Gasteiger partial charge on any atom is 0.258 e. The molecule has 2 heterocycles. The van der Waals surface area contributed by atoms with E-state index in [0.29, 0.717) is 11.5 Å². The predicted molar refractivity (Wildman–Crippen MR) is 106 cm³/mol. The van der Waals surface area contributed by atoms with E-state index in [9.17, 15) is 14.7 Å². The van der Waals surface area contributed by atoms with Gasteiger partial charge < -0.3 is 24.0 Å². The summed E-state index contributed by atoms with van der Waals surface area (Å²) in [6, 6.07) is 16.7. The zero-order chi connectivity index (χ0) is 20.2. The van der Waals surface area contributed by atoms with Gasteiger partial charge in [0.15, 0.2) is 12.0 Å². The van der Waals surface area contributed by atoms with Gasteiger partial charge in [-0.3, -0.25) is 9.59 Å². The highest BCUT2D eigenvalue weighted by Gasteiger charge is 2.13. The lowest BCUT2D eigenvalue weighted by atomic mass is 10.1. The van der Waals surface area contributed by atoms with Crippen LogP contribution in [0.25, 0.3) is 22.3 Å². The van der Waals surface area contributed by atoms with Gasteiger partial charge in [0, 0.05) is 23.8 Å². The maximum absolute atomic E-state index is 12.4. The first-order valence-corrected chi connectivity index (χ1v) is 8.88. The molecule has 0 saturated carbocycles. The summed E-state index contributed by atoms with van der Waals surface area (Å²) in [5.41, 5.74) is 0.530. The largest absolute Gasteiger partial charge is 0.507 e. The van der Waals surface area contributed by atoms with Gasteiger partial charge in [-0.1, -0.05) is 30.3 Å². The molecule has 2 aromatic heterocycles. The van der Waals surface area contributed by atoms with E-state index >= 15 is 0 Å². The van der Waals surface area contributed by atoms with Crippen molar-refractivity contribution in [2.45, 2.75) is 6.54 Å². The number of carbonyl (C=O) groups excluding carboxylic acids is 1. The second-order valence-electron chi connectivity index (χ2n) is 6.30. The van der Waals surface area contributed by atoms with Gasteiger partial charge in [-0.2, -0.15) is 0 Å². The van der Waals surface area contributed by atoms with Crippen molar-refractivity contribution in [1.82, 2.24) is 5.32 Å². The highest BCUT2D eigenvalue weighted by atomic mass is 16.5. The third-order valence-electron chi connectivity index (χ3n) is 4.25. The van der Waals surface area contributed by atoms with Gasteiger partial charge in [0.05, 0.1) is 12.8 Å². The normalized spacial score (nSPS) is 10.8. The van der Waals surface area contributed by atoms with Crippen LogP contribution in [0.15, 0.2) is 80.6 Å². The van der Waals surface area contributed by atoms with Crippen molar-refractivity contribution in [3.8, 4) is 22.8 Å². The Bertz CT molecular complexity index is 1200. The van der Waals surface area contributed by atoms with Gasteiger partial charge in [0.2, 0.25) is 0 Å². The molecule has 0 aliphatic carbocycles. The van der Waals surface area contributed by atoms with Crippen LogP contribution in [-0.2, 0) is 11.3 Å². The average Bonchev–Trinajstić information content (AvgIpc) is 3.24. The molecule has 0 fully saturated rings. The Balaban J connectivity index is 1.54. The molecule has 0 saturated heterocycles. The minimum atomic E-state index is -0.370. The molecular formula is C22H17NO6. The number of nitrogens with one attached hydrogen (secondary N) is 1. The first kappa shape index (κ1) is 18.4. The summed E-state index contributed by atoms with van der Waals surface area (Å²) in [6.07, 6.45) is 1.52. The summed E-state index contributed by atoms with van der Waals surface area (Å²) < 4.78 is 16.4. The molecule has 7 nitrogen and oxygen atoms in total. The van der Waals surface area contributed by atoms with Crippen LogP contribution in [0.3, 0.4) is 0 Å². The van der Waals surface area contributed by atoms with E-state index in [0.717, 1.165) is 5.56 Å². The molecule has 0 radical (unpaired) electrons. The van der Waals surface area contributed by atoms with Gasteiger partial charge in [0.1, 0.15) is 34.0 Å². The van der Waals surface area contributed by atoms with Crippen LogP contribution in [0.5, 0.6) is 11.5 Å². The highest BCUT2D eigenvalue weighted by molar-refractivity contribution is 5.86. The Morgan fingerprint density at radius 2 is 1.90 bits per heavy atom. The molecule has 0 unspecified atom stereocenters. The summed E-state index contributed by atoms with van der Waals surface area (Å²) in [7, 11) is 0. The SMILES string of the molecule is O=C(COc1cc(O)c2c(=O)cc(-c3ccccc3)oc2c1)NCc1ccco1. The van der Waals surface area contributed by atoms with Crippen molar-refractivity contribution in [3.05, 3.63) is 82.9 Å². The molecule has 0 aliphatic rings. The lowest BCUT2D eigenvalue weighted by Crippen LogP contribution is -2.28. The number of aromatic hydroxyl groups is 1. The van der Waals surface area contributed by atoms with Crippen LogP contribution >= 0.6 is 0 Å². The summed E-state index contributed by atoms with van der Waals surface area (Å²) >= 11 is 0. The molecule has 7 heteroatoms.